The van der Waals surface area contributed by atoms with Crippen LogP contribution < -0.4 is 11.1 Å². The van der Waals surface area contributed by atoms with Crippen molar-refractivity contribution in [3.05, 3.63) is 24.3 Å². The van der Waals surface area contributed by atoms with Gasteiger partial charge in [0, 0.05) is 23.0 Å². The fraction of sp³-hybridized carbons (Fsp3) is 0.417. The van der Waals surface area contributed by atoms with Crippen LogP contribution in [0, 0.1) is 0 Å². The number of hydrogen-bond donors (Lipinski definition) is 2. The zero-order chi connectivity index (χ0) is 12.0. The molecule has 3 N–H and O–H groups in total. The summed E-state index contributed by atoms with van der Waals surface area (Å²) in [6.07, 6.45) is 3.22. The van der Waals surface area contributed by atoms with Crippen molar-refractivity contribution in [3.8, 4) is 0 Å². The molecule has 0 bridgehead atoms. The summed E-state index contributed by atoms with van der Waals surface area (Å²) >= 11 is 1.68. The molecule has 96 valence electrons. The van der Waals surface area contributed by atoms with Crippen LogP contribution in [-0.4, -0.2) is 18.2 Å². The van der Waals surface area contributed by atoms with Crippen LogP contribution in [0.1, 0.15) is 19.8 Å². The van der Waals surface area contributed by atoms with E-state index in [2.05, 4.69) is 5.32 Å². The van der Waals surface area contributed by atoms with Crippen LogP contribution in [0.15, 0.2) is 29.2 Å². The molecule has 1 rings (SSSR count). The topological polar surface area (TPSA) is 55.1 Å². The van der Waals surface area contributed by atoms with E-state index in [9.17, 15) is 4.79 Å². The number of nitrogens with two attached hydrogens (primary N) is 1. The first kappa shape index (κ1) is 16.3. The first-order valence-corrected chi connectivity index (χ1v) is 6.54. The van der Waals surface area contributed by atoms with E-state index in [0.29, 0.717) is 12.8 Å². The quantitative estimate of drug-likeness (QED) is 0.812. The van der Waals surface area contributed by atoms with Crippen molar-refractivity contribution in [2.24, 2.45) is 5.73 Å². The number of rotatable bonds is 5. The smallest absolute Gasteiger partial charge is 0.224 e. The van der Waals surface area contributed by atoms with Gasteiger partial charge in [-0.05, 0) is 43.9 Å². The molecule has 1 unspecified atom stereocenters. The van der Waals surface area contributed by atoms with E-state index in [-0.39, 0.29) is 24.4 Å². The summed E-state index contributed by atoms with van der Waals surface area (Å²) in [4.78, 5) is 12.7. The molecule has 0 heterocycles. The zero-order valence-corrected chi connectivity index (χ0v) is 11.7. The molecular formula is C12H19ClN2OS. The van der Waals surface area contributed by atoms with Crippen LogP contribution in [0.3, 0.4) is 0 Å². The average Bonchev–Trinajstić information content (AvgIpc) is 2.27. The maximum Gasteiger partial charge on any atom is 0.224 e. The van der Waals surface area contributed by atoms with E-state index in [1.54, 1.807) is 11.8 Å². The van der Waals surface area contributed by atoms with E-state index < -0.39 is 0 Å². The van der Waals surface area contributed by atoms with Gasteiger partial charge in [-0.3, -0.25) is 4.79 Å². The minimum Gasteiger partial charge on any atom is -0.328 e. The molecule has 0 aliphatic rings. The highest BCUT2D eigenvalue weighted by Crippen LogP contribution is 2.17. The third-order valence-corrected chi connectivity index (χ3v) is 2.94. The van der Waals surface area contributed by atoms with Gasteiger partial charge in [0.1, 0.15) is 0 Å². The van der Waals surface area contributed by atoms with E-state index in [4.69, 9.17) is 5.73 Å². The predicted octanol–water partition coefficient (Wildman–Crippen LogP) is 2.90. The normalized spacial score (nSPS) is 11.5. The van der Waals surface area contributed by atoms with Crippen LogP contribution in [0.2, 0.25) is 0 Å². The van der Waals surface area contributed by atoms with Crippen molar-refractivity contribution in [1.82, 2.24) is 0 Å². The van der Waals surface area contributed by atoms with Gasteiger partial charge in [-0.15, -0.1) is 24.2 Å². The second kappa shape index (κ2) is 8.39. The monoisotopic (exact) mass is 274 g/mol. The highest BCUT2D eigenvalue weighted by molar-refractivity contribution is 7.98. The average molecular weight is 275 g/mol. The number of thioether (sulfide) groups is 1. The van der Waals surface area contributed by atoms with Crippen LogP contribution in [0.4, 0.5) is 5.69 Å². The van der Waals surface area contributed by atoms with Crippen molar-refractivity contribution in [1.29, 1.82) is 0 Å². The SMILES string of the molecule is CSc1ccc(NC(=O)CCC(C)N)cc1.Cl. The summed E-state index contributed by atoms with van der Waals surface area (Å²) in [6.45, 7) is 1.90. The lowest BCUT2D eigenvalue weighted by Crippen LogP contribution is -2.19. The van der Waals surface area contributed by atoms with Gasteiger partial charge in [-0.25, -0.2) is 0 Å². The van der Waals surface area contributed by atoms with Gasteiger partial charge in [-0.2, -0.15) is 0 Å². The van der Waals surface area contributed by atoms with Crippen molar-refractivity contribution in [2.75, 3.05) is 11.6 Å². The second-order valence-corrected chi connectivity index (χ2v) is 4.67. The Morgan fingerprint density at radius 1 is 1.41 bits per heavy atom. The minimum atomic E-state index is 0. The van der Waals surface area contributed by atoms with Gasteiger partial charge >= 0.3 is 0 Å². The van der Waals surface area contributed by atoms with Crippen LogP contribution >= 0.6 is 24.2 Å². The fourth-order valence-corrected chi connectivity index (χ4v) is 1.66. The first-order chi connectivity index (χ1) is 7.61. The molecular weight excluding hydrogens is 256 g/mol. The number of nitrogens with one attached hydrogen (secondary N) is 1. The Morgan fingerprint density at radius 3 is 2.47 bits per heavy atom. The van der Waals surface area contributed by atoms with Crippen LogP contribution in [-0.2, 0) is 4.79 Å². The summed E-state index contributed by atoms with van der Waals surface area (Å²) in [5, 5.41) is 2.84. The molecule has 1 aromatic carbocycles. The molecule has 17 heavy (non-hydrogen) atoms. The number of halogens is 1. The van der Waals surface area contributed by atoms with E-state index >= 15 is 0 Å². The van der Waals surface area contributed by atoms with Crippen LogP contribution in [0.5, 0.6) is 0 Å². The lowest BCUT2D eigenvalue weighted by atomic mass is 10.2. The second-order valence-electron chi connectivity index (χ2n) is 3.79. The number of carbonyl (C=O) groups excluding carboxylic acids is 1. The molecule has 0 aliphatic carbocycles. The van der Waals surface area contributed by atoms with E-state index in [0.717, 1.165) is 5.69 Å². The number of carbonyl (C=O) groups is 1. The maximum atomic E-state index is 11.5. The van der Waals surface area contributed by atoms with Gasteiger partial charge in [0.15, 0.2) is 0 Å². The molecule has 0 aromatic heterocycles. The summed E-state index contributed by atoms with van der Waals surface area (Å²) in [7, 11) is 0. The molecule has 3 nitrogen and oxygen atoms in total. The van der Waals surface area contributed by atoms with Crippen molar-refractivity contribution in [3.63, 3.8) is 0 Å². The Balaban J connectivity index is 0.00000256. The minimum absolute atomic E-state index is 0. The van der Waals surface area contributed by atoms with Gasteiger partial charge in [0.25, 0.3) is 0 Å². The summed E-state index contributed by atoms with van der Waals surface area (Å²) in [6, 6.07) is 7.88. The lowest BCUT2D eigenvalue weighted by Gasteiger charge is -2.07. The fourth-order valence-electron chi connectivity index (χ4n) is 1.26. The molecule has 0 saturated heterocycles. The van der Waals surface area contributed by atoms with E-state index in [1.165, 1.54) is 4.90 Å². The molecule has 1 aromatic rings. The standard InChI is InChI=1S/C12H18N2OS.ClH/c1-9(13)3-8-12(15)14-10-4-6-11(16-2)7-5-10;/h4-7,9H,3,8,13H2,1-2H3,(H,14,15);1H. The summed E-state index contributed by atoms with van der Waals surface area (Å²) < 4.78 is 0. The molecule has 5 heteroatoms. The molecule has 1 amide bonds. The molecule has 0 saturated carbocycles. The Kier molecular flexibility index (Phi) is 8.04. The van der Waals surface area contributed by atoms with Crippen LogP contribution in [0.25, 0.3) is 0 Å². The van der Waals surface area contributed by atoms with Gasteiger partial charge in [0.05, 0.1) is 0 Å². The molecule has 1 atom stereocenters. The Labute approximate surface area is 113 Å². The van der Waals surface area contributed by atoms with Gasteiger partial charge in [0.2, 0.25) is 5.91 Å². The summed E-state index contributed by atoms with van der Waals surface area (Å²) in [5.74, 6) is 0.0224. The molecule has 0 radical (unpaired) electrons. The van der Waals surface area contributed by atoms with Crippen molar-refractivity contribution in [2.45, 2.75) is 30.7 Å². The van der Waals surface area contributed by atoms with E-state index in [1.807, 2.05) is 37.4 Å². The summed E-state index contributed by atoms with van der Waals surface area (Å²) in [5.41, 5.74) is 6.43. The third kappa shape index (κ3) is 6.56. The Hall–Kier alpha value is -0.710. The number of hydrogen-bond acceptors (Lipinski definition) is 3. The van der Waals surface area contributed by atoms with Crippen molar-refractivity contribution >= 4 is 35.8 Å². The zero-order valence-electron chi connectivity index (χ0n) is 10.1. The number of benzene rings is 1. The Morgan fingerprint density at radius 2 is 2.00 bits per heavy atom. The first-order valence-electron chi connectivity index (χ1n) is 5.31. The lowest BCUT2D eigenvalue weighted by molar-refractivity contribution is -0.116. The van der Waals surface area contributed by atoms with Gasteiger partial charge < -0.3 is 11.1 Å². The van der Waals surface area contributed by atoms with Crippen molar-refractivity contribution < 1.29 is 4.79 Å². The predicted molar refractivity (Wildman–Crippen MR) is 77.0 cm³/mol. The number of amides is 1. The molecule has 0 fully saturated rings. The number of anilines is 1. The third-order valence-electron chi connectivity index (χ3n) is 2.20. The van der Waals surface area contributed by atoms with Gasteiger partial charge in [-0.1, -0.05) is 0 Å². The Bertz CT molecular complexity index is 341. The molecule has 0 aliphatic heterocycles. The highest BCUT2D eigenvalue weighted by Gasteiger charge is 2.03. The highest BCUT2D eigenvalue weighted by atomic mass is 35.5. The molecule has 0 spiro atoms. The maximum absolute atomic E-state index is 11.5. The largest absolute Gasteiger partial charge is 0.328 e.